The van der Waals surface area contributed by atoms with Gasteiger partial charge in [-0.05, 0) is 49.6 Å². The Balaban J connectivity index is 2.42. The molecule has 1 aromatic carbocycles. The molecule has 0 fully saturated rings. The van der Waals surface area contributed by atoms with Gasteiger partial charge >= 0.3 is 0 Å². The average molecular weight is 261 g/mol. The van der Waals surface area contributed by atoms with Gasteiger partial charge in [0.25, 0.3) is 0 Å². The fraction of sp³-hybridized carbons (Fsp3) is 0.400. The van der Waals surface area contributed by atoms with Crippen LogP contribution in [0.15, 0.2) is 24.3 Å². The van der Waals surface area contributed by atoms with Gasteiger partial charge < -0.3 is 5.73 Å². The van der Waals surface area contributed by atoms with Crippen LogP contribution in [0.3, 0.4) is 0 Å². The van der Waals surface area contributed by atoms with Gasteiger partial charge in [-0.2, -0.15) is 5.10 Å². The Labute approximate surface area is 113 Å². The third kappa shape index (κ3) is 2.68. The van der Waals surface area contributed by atoms with Crippen LogP contribution in [-0.4, -0.2) is 9.78 Å². The second kappa shape index (κ2) is 5.53. The second-order valence-electron chi connectivity index (χ2n) is 4.71. The highest BCUT2D eigenvalue weighted by Crippen LogP contribution is 2.24. The van der Waals surface area contributed by atoms with Crippen molar-refractivity contribution < 1.29 is 4.39 Å². The number of aromatic nitrogens is 2. The van der Waals surface area contributed by atoms with Crippen molar-refractivity contribution in [2.45, 2.75) is 39.8 Å². The van der Waals surface area contributed by atoms with Crippen LogP contribution in [0.4, 0.5) is 4.39 Å². The first-order chi connectivity index (χ1) is 9.06. The molecule has 0 aliphatic carbocycles. The van der Waals surface area contributed by atoms with Gasteiger partial charge in [0, 0.05) is 6.54 Å². The molecule has 2 rings (SSSR count). The fourth-order valence-electron chi connectivity index (χ4n) is 2.31. The number of nitrogens with zero attached hydrogens (tertiary/aromatic N) is 2. The van der Waals surface area contributed by atoms with Gasteiger partial charge in [0.15, 0.2) is 0 Å². The summed E-state index contributed by atoms with van der Waals surface area (Å²) in [7, 11) is 0. The minimum Gasteiger partial charge on any atom is -0.319 e. The molecule has 0 aliphatic rings. The van der Waals surface area contributed by atoms with E-state index in [9.17, 15) is 4.39 Å². The van der Waals surface area contributed by atoms with Crippen LogP contribution in [0, 0.1) is 12.7 Å². The monoisotopic (exact) mass is 261 g/mol. The maximum absolute atomic E-state index is 13.2. The topological polar surface area (TPSA) is 43.8 Å². The lowest BCUT2D eigenvalue weighted by atomic mass is 9.99. The van der Waals surface area contributed by atoms with E-state index in [2.05, 4.69) is 12.0 Å². The summed E-state index contributed by atoms with van der Waals surface area (Å²) in [5, 5.41) is 4.50. The van der Waals surface area contributed by atoms with Crippen LogP contribution in [0.2, 0.25) is 0 Å². The normalized spacial score (nSPS) is 12.7. The largest absolute Gasteiger partial charge is 0.319 e. The van der Waals surface area contributed by atoms with Crippen molar-refractivity contribution in [3.05, 3.63) is 52.6 Å². The van der Waals surface area contributed by atoms with Crippen LogP contribution >= 0.6 is 0 Å². The van der Waals surface area contributed by atoms with Crippen LogP contribution in [0.25, 0.3) is 0 Å². The lowest BCUT2D eigenvalue weighted by Crippen LogP contribution is -2.18. The first kappa shape index (κ1) is 13.7. The highest BCUT2D eigenvalue weighted by atomic mass is 19.1. The zero-order chi connectivity index (χ0) is 14.0. The average Bonchev–Trinajstić information content (AvgIpc) is 2.81. The zero-order valence-corrected chi connectivity index (χ0v) is 11.7. The summed E-state index contributed by atoms with van der Waals surface area (Å²) >= 11 is 0. The summed E-state index contributed by atoms with van der Waals surface area (Å²) in [6.45, 7) is 6.77. The van der Waals surface area contributed by atoms with Crippen molar-refractivity contribution in [2.75, 3.05) is 0 Å². The van der Waals surface area contributed by atoms with E-state index >= 15 is 0 Å². The van der Waals surface area contributed by atoms with Crippen molar-refractivity contribution in [2.24, 2.45) is 5.73 Å². The summed E-state index contributed by atoms with van der Waals surface area (Å²) < 4.78 is 15.1. The minimum absolute atomic E-state index is 0.230. The van der Waals surface area contributed by atoms with Gasteiger partial charge in [-0.15, -0.1) is 0 Å². The SMILES string of the molecule is CCc1cc(C(N)c2ccc(F)cc2C)n(CC)n1. The van der Waals surface area contributed by atoms with Crippen molar-refractivity contribution in [1.82, 2.24) is 9.78 Å². The van der Waals surface area contributed by atoms with Crippen LogP contribution in [0.5, 0.6) is 0 Å². The molecule has 1 atom stereocenters. The second-order valence-corrected chi connectivity index (χ2v) is 4.71. The number of nitrogens with two attached hydrogens (primary N) is 1. The van der Waals surface area contributed by atoms with E-state index < -0.39 is 0 Å². The van der Waals surface area contributed by atoms with Gasteiger partial charge in [-0.1, -0.05) is 13.0 Å². The summed E-state index contributed by atoms with van der Waals surface area (Å²) in [6, 6.07) is 6.50. The van der Waals surface area contributed by atoms with Crippen molar-refractivity contribution in [3.63, 3.8) is 0 Å². The van der Waals surface area contributed by atoms with Crippen LogP contribution < -0.4 is 5.73 Å². The van der Waals surface area contributed by atoms with Gasteiger partial charge in [0.2, 0.25) is 0 Å². The Morgan fingerprint density at radius 3 is 2.63 bits per heavy atom. The molecule has 1 aromatic heterocycles. The number of hydrogen-bond acceptors (Lipinski definition) is 2. The maximum atomic E-state index is 13.2. The molecule has 2 aromatic rings. The fourth-order valence-corrected chi connectivity index (χ4v) is 2.31. The summed E-state index contributed by atoms with van der Waals surface area (Å²) in [6.07, 6.45) is 0.884. The van der Waals surface area contributed by atoms with Gasteiger partial charge in [0.1, 0.15) is 5.82 Å². The summed E-state index contributed by atoms with van der Waals surface area (Å²) in [4.78, 5) is 0. The Hall–Kier alpha value is -1.68. The van der Waals surface area contributed by atoms with E-state index in [0.717, 1.165) is 35.5 Å². The zero-order valence-electron chi connectivity index (χ0n) is 11.7. The first-order valence-electron chi connectivity index (χ1n) is 6.65. The Kier molecular flexibility index (Phi) is 4.00. The van der Waals surface area contributed by atoms with E-state index in [-0.39, 0.29) is 11.9 Å². The molecule has 0 saturated carbocycles. The molecule has 0 saturated heterocycles. The van der Waals surface area contributed by atoms with Gasteiger partial charge in [-0.25, -0.2) is 4.39 Å². The Bertz CT molecular complexity index is 575. The number of rotatable bonds is 4. The number of halogens is 1. The molecule has 0 radical (unpaired) electrons. The Morgan fingerprint density at radius 1 is 1.32 bits per heavy atom. The molecule has 19 heavy (non-hydrogen) atoms. The molecule has 1 unspecified atom stereocenters. The molecular formula is C15H20FN3. The quantitative estimate of drug-likeness (QED) is 0.919. The number of hydrogen-bond donors (Lipinski definition) is 1. The predicted octanol–water partition coefficient (Wildman–Crippen LogP) is 2.96. The van der Waals surface area contributed by atoms with E-state index in [1.54, 1.807) is 6.07 Å². The number of aryl methyl sites for hydroxylation is 3. The predicted molar refractivity (Wildman–Crippen MR) is 74.4 cm³/mol. The van der Waals surface area contributed by atoms with E-state index in [1.807, 2.05) is 24.6 Å². The van der Waals surface area contributed by atoms with Gasteiger partial charge in [0.05, 0.1) is 17.4 Å². The molecule has 1 heterocycles. The summed E-state index contributed by atoms with van der Waals surface area (Å²) in [5.41, 5.74) is 10.2. The van der Waals surface area contributed by atoms with Crippen molar-refractivity contribution in [1.29, 1.82) is 0 Å². The highest BCUT2D eigenvalue weighted by Gasteiger charge is 2.17. The lowest BCUT2D eigenvalue weighted by molar-refractivity contribution is 0.592. The molecule has 0 spiro atoms. The standard InChI is InChI=1S/C15H20FN3/c1-4-12-9-14(19(5-2)18-12)15(17)13-7-6-11(16)8-10(13)3/h6-9,15H,4-5,17H2,1-3H3. The highest BCUT2D eigenvalue weighted by molar-refractivity contribution is 5.35. The maximum Gasteiger partial charge on any atom is 0.123 e. The number of benzene rings is 1. The molecule has 102 valence electrons. The minimum atomic E-state index is -0.270. The van der Waals surface area contributed by atoms with Crippen molar-refractivity contribution in [3.8, 4) is 0 Å². The molecule has 2 N–H and O–H groups in total. The molecule has 3 nitrogen and oxygen atoms in total. The van der Waals surface area contributed by atoms with E-state index in [4.69, 9.17) is 5.73 Å². The summed E-state index contributed by atoms with van der Waals surface area (Å²) in [5.74, 6) is -0.230. The van der Waals surface area contributed by atoms with Crippen molar-refractivity contribution >= 4 is 0 Å². The third-order valence-corrected chi connectivity index (χ3v) is 3.41. The van der Waals surface area contributed by atoms with E-state index in [0.29, 0.717) is 0 Å². The van der Waals surface area contributed by atoms with Crippen LogP contribution in [0.1, 0.15) is 42.4 Å². The third-order valence-electron chi connectivity index (χ3n) is 3.41. The van der Waals surface area contributed by atoms with Crippen LogP contribution in [-0.2, 0) is 13.0 Å². The molecule has 4 heteroatoms. The lowest BCUT2D eigenvalue weighted by Gasteiger charge is -2.16. The molecule has 0 amide bonds. The van der Waals surface area contributed by atoms with Gasteiger partial charge in [-0.3, -0.25) is 4.68 Å². The molecule has 0 bridgehead atoms. The smallest absolute Gasteiger partial charge is 0.123 e. The first-order valence-corrected chi connectivity index (χ1v) is 6.65. The molecule has 0 aliphatic heterocycles. The van der Waals surface area contributed by atoms with E-state index in [1.165, 1.54) is 12.1 Å². The molecular weight excluding hydrogens is 241 g/mol. The Morgan fingerprint density at radius 2 is 2.05 bits per heavy atom.